The average Bonchev–Trinajstić information content (AvgIpc) is 1.97. The predicted octanol–water partition coefficient (Wildman–Crippen LogP) is 0.539. The van der Waals surface area contributed by atoms with Crippen molar-refractivity contribution in [3.8, 4) is 0 Å². The normalized spacial score (nSPS) is 9.18. The zero-order valence-corrected chi connectivity index (χ0v) is 6.46. The fraction of sp³-hybridized carbons (Fsp3) is 0.571. The molecule has 0 spiro atoms. The van der Waals surface area contributed by atoms with Gasteiger partial charge < -0.3 is 10.4 Å². The van der Waals surface area contributed by atoms with Crippen LogP contribution >= 0.6 is 0 Å². The minimum atomic E-state index is -0.948. The van der Waals surface area contributed by atoms with Crippen LogP contribution < -0.4 is 5.32 Å². The maximum Gasteiger partial charge on any atom is 0.303 e. The second-order valence-corrected chi connectivity index (χ2v) is 2.07. The number of carbonyl (C=O) groups excluding carboxylic acids is 1. The van der Waals surface area contributed by atoms with Gasteiger partial charge in [-0.15, -0.1) is 0 Å². The smallest absolute Gasteiger partial charge is 0.303 e. The highest BCUT2D eigenvalue weighted by molar-refractivity contribution is 5.80. The number of nitrogens with one attached hydrogen (secondary N) is 1. The van der Waals surface area contributed by atoms with Crippen LogP contribution in [-0.2, 0) is 9.59 Å². The van der Waals surface area contributed by atoms with E-state index in [0.29, 0.717) is 0 Å². The predicted molar refractivity (Wildman–Crippen MR) is 39.6 cm³/mol. The van der Waals surface area contributed by atoms with Gasteiger partial charge in [0.05, 0.1) is 6.42 Å². The molecule has 0 unspecified atom stereocenters. The molecule has 0 saturated heterocycles. The van der Waals surface area contributed by atoms with Gasteiger partial charge in [-0.05, 0) is 6.42 Å². The third kappa shape index (κ3) is 6.83. The van der Waals surface area contributed by atoms with Gasteiger partial charge in [-0.1, -0.05) is 6.92 Å². The summed E-state index contributed by atoms with van der Waals surface area (Å²) < 4.78 is 0. The first-order chi connectivity index (χ1) is 5.16. The van der Waals surface area contributed by atoms with Crippen molar-refractivity contribution in [1.82, 2.24) is 5.32 Å². The summed E-state index contributed by atoms with van der Waals surface area (Å²) in [6.07, 6.45) is 0.689. The standard InChI is InChI=1S/C7H12NO3/c1-2-5-8-6(9)3-4-7(10)11/h5H,2-4H2,1H3,(H,8,9)(H,10,11). The van der Waals surface area contributed by atoms with Crippen LogP contribution in [-0.4, -0.2) is 17.0 Å². The molecule has 0 aliphatic rings. The van der Waals surface area contributed by atoms with E-state index in [2.05, 4.69) is 5.32 Å². The molecule has 0 fully saturated rings. The summed E-state index contributed by atoms with van der Waals surface area (Å²) in [7, 11) is 0. The van der Waals surface area contributed by atoms with Gasteiger partial charge >= 0.3 is 5.97 Å². The fourth-order valence-electron chi connectivity index (χ4n) is 0.509. The van der Waals surface area contributed by atoms with E-state index < -0.39 is 5.97 Å². The number of carboxylic acids is 1. The molecule has 63 valence electrons. The number of carboxylic acid groups (broad SMARTS) is 1. The Hall–Kier alpha value is -1.06. The summed E-state index contributed by atoms with van der Waals surface area (Å²) in [4.78, 5) is 20.7. The van der Waals surface area contributed by atoms with Crippen LogP contribution in [0.4, 0.5) is 0 Å². The molecular weight excluding hydrogens is 146 g/mol. The molecule has 0 saturated carbocycles. The summed E-state index contributed by atoms with van der Waals surface area (Å²) in [5, 5.41) is 10.7. The fourth-order valence-corrected chi connectivity index (χ4v) is 0.509. The van der Waals surface area contributed by atoms with E-state index in [4.69, 9.17) is 5.11 Å². The lowest BCUT2D eigenvalue weighted by molar-refractivity contribution is -0.138. The molecular formula is C7H12NO3. The molecule has 0 aliphatic heterocycles. The highest BCUT2D eigenvalue weighted by Crippen LogP contribution is 1.89. The summed E-state index contributed by atoms with van der Waals surface area (Å²) >= 11 is 0. The third-order valence-electron chi connectivity index (χ3n) is 1.03. The zero-order valence-electron chi connectivity index (χ0n) is 6.46. The number of carbonyl (C=O) groups is 2. The molecule has 4 nitrogen and oxygen atoms in total. The molecule has 4 heteroatoms. The Balaban J connectivity index is 3.30. The van der Waals surface area contributed by atoms with Gasteiger partial charge in [-0.3, -0.25) is 9.59 Å². The van der Waals surface area contributed by atoms with Crippen LogP contribution in [0.25, 0.3) is 0 Å². The average molecular weight is 158 g/mol. The van der Waals surface area contributed by atoms with E-state index in [-0.39, 0.29) is 18.7 Å². The maximum atomic E-state index is 10.7. The van der Waals surface area contributed by atoms with Gasteiger partial charge in [0.25, 0.3) is 0 Å². The van der Waals surface area contributed by atoms with Gasteiger partial charge in [-0.25, -0.2) is 0 Å². The van der Waals surface area contributed by atoms with Crippen molar-refractivity contribution in [1.29, 1.82) is 0 Å². The first kappa shape index (κ1) is 9.94. The highest BCUT2D eigenvalue weighted by atomic mass is 16.4. The topological polar surface area (TPSA) is 66.4 Å². The van der Waals surface area contributed by atoms with E-state index in [9.17, 15) is 9.59 Å². The van der Waals surface area contributed by atoms with Crippen molar-refractivity contribution >= 4 is 11.9 Å². The number of aliphatic carboxylic acids is 1. The summed E-state index contributed by atoms with van der Waals surface area (Å²) in [6, 6.07) is 0. The summed E-state index contributed by atoms with van der Waals surface area (Å²) in [5.41, 5.74) is 0. The number of hydrogen-bond donors (Lipinski definition) is 2. The van der Waals surface area contributed by atoms with Crippen molar-refractivity contribution in [2.24, 2.45) is 0 Å². The van der Waals surface area contributed by atoms with Crippen molar-refractivity contribution in [2.75, 3.05) is 0 Å². The van der Waals surface area contributed by atoms with Crippen LogP contribution in [0.2, 0.25) is 0 Å². The van der Waals surface area contributed by atoms with Gasteiger partial charge in [-0.2, -0.15) is 0 Å². The van der Waals surface area contributed by atoms with Gasteiger partial charge in [0, 0.05) is 13.0 Å². The molecule has 0 aromatic carbocycles. The Morgan fingerprint density at radius 3 is 2.55 bits per heavy atom. The minimum absolute atomic E-state index is 0.0475. The third-order valence-corrected chi connectivity index (χ3v) is 1.03. The minimum Gasteiger partial charge on any atom is -0.481 e. The Bertz CT molecular complexity index is 145. The van der Waals surface area contributed by atoms with E-state index in [1.54, 1.807) is 6.54 Å². The maximum absolute atomic E-state index is 10.7. The quantitative estimate of drug-likeness (QED) is 0.613. The molecule has 0 aromatic heterocycles. The van der Waals surface area contributed by atoms with Crippen molar-refractivity contribution in [3.05, 3.63) is 6.54 Å². The molecule has 1 radical (unpaired) electrons. The first-order valence-corrected chi connectivity index (χ1v) is 3.49. The number of amides is 1. The molecule has 2 N–H and O–H groups in total. The van der Waals surface area contributed by atoms with Crippen LogP contribution in [0.3, 0.4) is 0 Å². The lowest BCUT2D eigenvalue weighted by Crippen LogP contribution is -2.20. The molecule has 1 amide bonds. The second kappa shape index (κ2) is 5.70. The Labute approximate surface area is 65.6 Å². The summed E-state index contributed by atoms with van der Waals surface area (Å²) in [5.74, 6) is -1.19. The molecule has 11 heavy (non-hydrogen) atoms. The lowest BCUT2D eigenvalue weighted by atomic mass is 10.3. The highest BCUT2D eigenvalue weighted by Gasteiger charge is 2.03. The summed E-state index contributed by atoms with van der Waals surface area (Å²) in [6.45, 7) is 3.49. The molecule has 0 aliphatic carbocycles. The second-order valence-electron chi connectivity index (χ2n) is 2.07. The zero-order chi connectivity index (χ0) is 8.69. The van der Waals surface area contributed by atoms with Gasteiger partial charge in [0.15, 0.2) is 0 Å². The molecule has 0 atom stereocenters. The first-order valence-electron chi connectivity index (χ1n) is 3.49. The number of hydrogen-bond acceptors (Lipinski definition) is 2. The Kier molecular flexibility index (Phi) is 5.15. The largest absolute Gasteiger partial charge is 0.481 e. The molecule has 0 rings (SSSR count). The molecule has 0 heterocycles. The van der Waals surface area contributed by atoms with Crippen LogP contribution in [0.5, 0.6) is 0 Å². The molecule has 0 aromatic rings. The van der Waals surface area contributed by atoms with E-state index in [1.165, 1.54) is 0 Å². The lowest BCUT2D eigenvalue weighted by Gasteiger charge is -1.99. The van der Waals surface area contributed by atoms with Crippen LogP contribution in [0.15, 0.2) is 0 Å². The van der Waals surface area contributed by atoms with Gasteiger partial charge in [0.1, 0.15) is 0 Å². The van der Waals surface area contributed by atoms with Crippen molar-refractivity contribution < 1.29 is 14.7 Å². The van der Waals surface area contributed by atoms with Crippen LogP contribution in [0, 0.1) is 6.54 Å². The van der Waals surface area contributed by atoms with Crippen molar-refractivity contribution in [2.45, 2.75) is 26.2 Å². The van der Waals surface area contributed by atoms with Gasteiger partial charge in [0.2, 0.25) is 5.91 Å². The molecule has 0 bridgehead atoms. The van der Waals surface area contributed by atoms with Crippen LogP contribution in [0.1, 0.15) is 26.2 Å². The Morgan fingerprint density at radius 2 is 2.09 bits per heavy atom. The Morgan fingerprint density at radius 1 is 1.45 bits per heavy atom. The van der Waals surface area contributed by atoms with E-state index >= 15 is 0 Å². The van der Waals surface area contributed by atoms with Crippen molar-refractivity contribution in [3.63, 3.8) is 0 Å². The monoisotopic (exact) mass is 158 g/mol. The van der Waals surface area contributed by atoms with E-state index in [1.807, 2.05) is 6.92 Å². The SMILES string of the molecule is CC[CH]NC(=O)CCC(=O)O. The van der Waals surface area contributed by atoms with E-state index in [0.717, 1.165) is 6.42 Å². The number of rotatable bonds is 5.